The fourth-order valence-corrected chi connectivity index (χ4v) is 9.75. The molecule has 0 saturated carbocycles. The average molecular weight is 617 g/mol. The van der Waals surface area contributed by atoms with Crippen molar-refractivity contribution in [3.05, 3.63) is 42.2 Å². The summed E-state index contributed by atoms with van der Waals surface area (Å²) < 4.78 is 76.9. The quantitative estimate of drug-likeness (QED) is 0.452. The van der Waals surface area contributed by atoms with Crippen LogP contribution in [0, 0.1) is 5.82 Å². The number of halogens is 1. The lowest BCUT2D eigenvalue weighted by Gasteiger charge is -2.40. The smallest absolute Gasteiger partial charge is 0.282 e. The van der Waals surface area contributed by atoms with Crippen molar-refractivity contribution in [2.75, 3.05) is 39.3 Å². The van der Waals surface area contributed by atoms with Gasteiger partial charge in [-0.15, -0.1) is 11.3 Å². The first kappa shape index (κ1) is 29.5. The molecule has 2 aromatic rings. The first-order valence-electron chi connectivity index (χ1n) is 13.4. The van der Waals surface area contributed by atoms with Crippen LogP contribution in [0.4, 0.5) is 4.39 Å². The van der Waals surface area contributed by atoms with E-state index in [1.807, 2.05) is 0 Å². The second-order valence-electron chi connectivity index (χ2n) is 9.96. The van der Waals surface area contributed by atoms with Crippen molar-refractivity contribution in [1.82, 2.24) is 18.4 Å². The average Bonchev–Trinajstić information content (AvgIpc) is 3.48. The largest absolute Gasteiger partial charge is 0.350 e. The number of amides is 1. The molecule has 3 saturated heterocycles. The Balaban J connectivity index is 1.39. The summed E-state index contributed by atoms with van der Waals surface area (Å²) in [7, 11) is -8.08. The molecule has 1 N–H and O–H groups in total. The van der Waals surface area contributed by atoms with E-state index in [-0.39, 0.29) is 23.8 Å². The minimum atomic E-state index is -4.19. The van der Waals surface area contributed by atoms with Gasteiger partial charge in [-0.3, -0.25) is 4.79 Å². The topological polar surface area (TPSA) is 126 Å². The molecule has 1 amide bonds. The number of rotatable bonds is 8. The molecule has 15 heteroatoms. The van der Waals surface area contributed by atoms with Crippen LogP contribution in [0.3, 0.4) is 0 Å². The lowest BCUT2D eigenvalue weighted by atomic mass is 10.2. The SMILES string of the molecule is O=C(NOC1CCCCO1)[C@H]1CN(S(=O)(=O)N2CCCCC2)CCN1S(=O)(=O)c1ccc(-c2ccc(F)cc2)s1. The van der Waals surface area contributed by atoms with E-state index in [2.05, 4.69) is 5.48 Å². The fourth-order valence-electron chi connectivity index (χ4n) is 5.05. The van der Waals surface area contributed by atoms with Crippen molar-refractivity contribution in [2.24, 2.45) is 0 Å². The summed E-state index contributed by atoms with van der Waals surface area (Å²) in [5.41, 5.74) is 2.98. The minimum Gasteiger partial charge on any atom is -0.350 e. The van der Waals surface area contributed by atoms with E-state index in [1.54, 1.807) is 18.2 Å². The second kappa shape index (κ2) is 12.5. The Morgan fingerprint density at radius 2 is 1.68 bits per heavy atom. The highest BCUT2D eigenvalue weighted by Crippen LogP contribution is 2.34. The summed E-state index contributed by atoms with van der Waals surface area (Å²) in [6.45, 7) is 0.611. The van der Waals surface area contributed by atoms with E-state index in [0.717, 1.165) is 47.7 Å². The Morgan fingerprint density at radius 3 is 2.38 bits per heavy atom. The zero-order valence-corrected chi connectivity index (χ0v) is 24.4. The summed E-state index contributed by atoms with van der Waals surface area (Å²) >= 11 is 0.996. The van der Waals surface area contributed by atoms with Gasteiger partial charge in [0.1, 0.15) is 16.1 Å². The van der Waals surface area contributed by atoms with Gasteiger partial charge in [-0.25, -0.2) is 23.1 Å². The lowest BCUT2D eigenvalue weighted by Crippen LogP contribution is -2.63. The highest BCUT2D eigenvalue weighted by Gasteiger charge is 2.45. The Labute approximate surface area is 238 Å². The molecule has 0 aliphatic carbocycles. The molecule has 3 fully saturated rings. The van der Waals surface area contributed by atoms with Gasteiger partial charge >= 0.3 is 0 Å². The van der Waals surface area contributed by atoms with Gasteiger partial charge in [-0.2, -0.15) is 21.3 Å². The van der Waals surface area contributed by atoms with Gasteiger partial charge in [0.2, 0.25) is 0 Å². The number of carbonyl (C=O) groups excluding carboxylic acids is 1. The number of thiophene rings is 1. The molecule has 1 unspecified atom stereocenters. The number of benzene rings is 1. The molecule has 2 atom stereocenters. The van der Waals surface area contributed by atoms with E-state index in [1.165, 1.54) is 26.8 Å². The number of carbonyl (C=O) groups is 1. The van der Waals surface area contributed by atoms with Crippen molar-refractivity contribution in [3.63, 3.8) is 0 Å². The van der Waals surface area contributed by atoms with Crippen molar-refractivity contribution >= 4 is 37.5 Å². The molecule has 0 bridgehead atoms. The van der Waals surface area contributed by atoms with Crippen LogP contribution in [0.1, 0.15) is 38.5 Å². The van der Waals surface area contributed by atoms with Crippen molar-refractivity contribution in [2.45, 2.75) is 55.1 Å². The summed E-state index contributed by atoms with van der Waals surface area (Å²) in [4.78, 5) is 19.4. The maximum Gasteiger partial charge on any atom is 0.282 e. The molecule has 1 aromatic heterocycles. The first-order chi connectivity index (χ1) is 19.2. The van der Waals surface area contributed by atoms with E-state index in [4.69, 9.17) is 9.57 Å². The maximum atomic E-state index is 13.8. The number of hydrogen-bond acceptors (Lipinski definition) is 8. The number of hydroxylamine groups is 1. The predicted molar refractivity (Wildman–Crippen MR) is 146 cm³/mol. The molecule has 5 rings (SSSR count). The van der Waals surface area contributed by atoms with Crippen LogP contribution in [-0.4, -0.2) is 87.3 Å². The second-order valence-corrected chi connectivity index (χ2v) is 15.1. The zero-order valence-electron chi connectivity index (χ0n) is 21.9. The summed E-state index contributed by atoms with van der Waals surface area (Å²) in [6.07, 6.45) is 4.11. The molecular weight excluding hydrogens is 583 g/mol. The summed E-state index contributed by atoms with van der Waals surface area (Å²) in [5.74, 6) is -1.17. The van der Waals surface area contributed by atoms with Crippen LogP contribution < -0.4 is 5.48 Å². The third-order valence-corrected chi connectivity index (χ3v) is 12.8. The number of sulfonamides is 1. The van der Waals surface area contributed by atoms with Gasteiger partial charge < -0.3 is 4.74 Å². The highest BCUT2D eigenvalue weighted by atomic mass is 32.2. The predicted octanol–water partition coefficient (Wildman–Crippen LogP) is 2.53. The Kier molecular flexibility index (Phi) is 9.21. The monoisotopic (exact) mass is 616 g/mol. The standard InChI is InChI=1S/C25H33FN4O7S3/c26-20-9-7-19(8-10-20)22-11-12-24(38-22)39(32,33)30-16-15-29(40(34,35)28-13-3-1-4-14-28)18-21(30)25(31)27-37-23-6-2-5-17-36-23/h7-12,21,23H,1-6,13-18H2,(H,27,31)/t21-,23?/m1/s1. The summed E-state index contributed by atoms with van der Waals surface area (Å²) in [5, 5.41) is 0. The van der Waals surface area contributed by atoms with Crippen LogP contribution >= 0.6 is 11.3 Å². The molecule has 1 aromatic carbocycles. The first-order valence-corrected chi connectivity index (χ1v) is 17.0. The van der Waals surface area contributed by atoms with E-state index < -0.39 is 44.3 Å². The van der Waals surface area contributed by atoms with Gasteiger partial charge in [0.25, 0.3) is 26.1 Å². The highest BCUT2D eigenvalue weighted by molar-refractivity contribution is 7.91. The zero-order chi connectivity index (χ0) is 28.3. The van der Waals surface area contributed by atoms with Gasteiger partial charge in [-0.1, -0.05) is 18.6 Å². The molecule has 220 valence electrons. The van der Waals surface area contributed by atoms with Crippen molar-refractivity contribution in [3.8, 4) is 10.4 Å². The van der Waals surface area contributed by atoms with Gasteiger partial charge in [0.15, 0.2) is 6.29 Å². The number of piperidine rings is 1. The van der Waals surface area contributed by atoms with E-state index in [0.29, 0.717) is 36.6 Å². The van der Waals surface area contributed by atoms with E-state index in [9.17, 15) is 26.0 Å². The third kappa shape index (κ3) is 6.41. The number of nitrogens with zero attached hydrogens (tertiary/aromatic N) is 3. The van der Waals surface area contributed by atoms with Crippen LogP contribution in [0.25, 0.3) is 10.4 Å². The third-order valence-electron chi connectivity index (χ3n) is 7.27. The van der Waals surface area contributed by atoms with Crippen LogP contribution in [0.2, 0.25) is 0 Å². The number of hydrogen-bond donors (Lipinski definition) is 1. The van der Waals surface area contributed by atoms with Crippen molar-refractivity contribution < 1.29 is 35.6 Å². The van der Waals surface area contributed by atoms with Crippen molar-refractivity contribution in [1.29, 1.82) is 0 Å². The Bertz CT molecular complexity index is 1390. The number of ether oxygens (including phenoxy) is 1. The maximum absolute atomic E-state index is 13.8. The molecule has 0 spiro atoms. The van der Waals surface area contributed by atoms with Crippen LogP contribution in [-0.2, 0) is 34.6 Å². The Morgan fingerprint density at radius 1 is 0.925 bits per heavy atom. The van der Waals surface area contributed by atoms with Gasteiger partial charge in [0, 0.05) is 50.6 Å². The summed E-state index contributed by atoms with van der Waals surface area (Å²) in [6, 6.07) is 7.41. The molecule has 3 aliphatic heterocycles. The van der Waals surface area contributed by atoms with Gasteiger partial charge in [0.05, 0.1) is 0 Å². The lowest BCUT2D eigenvalue weighted by molar-refractivity contribution is -0.202. The fraction of sp³-hybridized carbons (Fsp3) is 0.560. The van der Waals surface area contributed by atoms with Gasteiger partial charge in [-0.05, 0) is 55.5 Å². The van der Waals surface area contributed by atoms with E-state index >= 15 is 0 Å². The molecule has 0 radical (unpaired) electrons. The Hall–Kier alpha value is -1.98. The number of piperazine rings is 1. The molecule has 3 aliphatic rings. The molecule has 11 nitrogen and oxygen atoms in total. The molecule has 40 heavy (non-hydrogen) atoms. The van der Waals surface area contributed by atoms with Crippen LogP contribution in [0.5, 0.6) is 0 Å². The minimum absolute atomic E-state index is 0.00602. The number of nitrogens with one attached hydrogen (secondary N) is 1. The molecular formula is C25H33FN4O7S3. The normalized spacial score (nSPS) is 24.1. The van der Waals surface area contributed by atoms with Crippen LogP contribution in [0.15, 0.2) is 40.6 Å². The molecule has 4 heterocycles.